The lowest BCUT2D eigenvalue weighted by Crippen LogP contribution is -2.34. The highest BCUT2D eigenvalue weighted by molar-refractivity contribution is 5.75. The van der Waals surface area contributed by atoms with Gasteiger partial charge in [-0.1, -0.05) is 49.9 Å². The van der Waals surface area contributed by atoms with Crippen LogP contribution in [0.25, 0.3) is 11.0 Å². The van der Waals surface area contributed by atoms with Gasteiger partial charge in [0.2, 0.25) is 0 Å². The van der Waals surface area contributed by atoms with Crippen molar-refractivity contribution in [2.75, 3.05) is 0 Å². The summed E-state index contributed by atoms with van der Waals surface area (Å²) in [6, 6.07) is 6.90. The zero-order valence-electron chi connectivity index (χ0n) is 18.1. The van der Waals surface area contributed by atoms with Gasteiger partial charge in [0.25, 0.3) is 0 Å². The Morgan fingerprint density at radius 1 is 1.30 bits per heavy atom. The molecule has 2 aromatic rings. The number of aryl methyl sites for hydroxylation is 1. The van der Waals surface area contributed by atoms with Crippen molar-refractivity contribution in [3.8, 4) is 0 Å². The molecule has 1 heterocycles. The average Bonchev–Trinajstić information content (AvgIpc) is 3.14. The lowest BCUT2D eigenvalue weighted by atomic mass is 9.83. The number of hydrogen-bond acceptors (Lipinski definition) is 2. The van der Waals surface area contributed by atoms with Crippen LogP contribution in [0.4, 0.5) is 0 Å². The number of imidazole rings is 1. The van der Waals surface area contributed by atoms with Crippen LogP contribution in [0.5, 0.6) is 0 Å². The van der Waals surface area contributed by atoms with E-state index in [-0.39, 0.29) is 0 Å². The normalized spacial score (nSPS) is 24.1. The monoisotopic (exact) mass is 399 g/mol. The Kier molecular flexibility index (Phi) is 6.08. The third-order valence-corrected chi connectivity index (χ3v) is 6.46. The van der Waals surface area contributed by atoms with Crippen molar-refractivity contribution in [1.29, 1.82) is 0 Å². The predicted molar refractivity (Wildman–Crippen MR) is 127 cm³/mol. The van der Waals surface area contributed by atoms with Crippen LogP contribution in [0.3, 0.4) is 0 Å². The average molecular weight is 400 g/mol. The second-order valence-electron chi connectivity index (χ2n) is 8.90. The van der Waals surface area contributed by atoms with Crippen LogP contribution in [0, 0.1) is 18.8 Å². The molecule has 2 N–H and O–H groups in total. The first-order valence-electron chi connectivity index (χ1n) is 11.1. The summed E-state index contributed by atoms with van der Waals surface area (Å²) >= 11 is 0. The molecule has 0 radical (unpaired) electrons. The Labute approximate surface area is 180 Å². The minimum absolute atomic E-state index is 0.354. The van der Waals surface area contributed by atoms with Gasteiger partial charge in [-0.2, -0.15) is 0 Å². The summed E-state index contributed by atoms with van der Waals surface area (Å²) in [6.07, 6.45) is 15.2. The number of fused-ring (bicyclic) bond motifs is 1. The lowest BCUT2D eigenvalue weighted by Gasteiger charge is -2.32. The maximum atomic E-state index is 4.82. The Morgan fingerprint density at radius 3 is 2.97 bits per heavy atom. The molecule has 2 aliphatic carbocycles. The van der Waals surface area contributed by atoms with Gasteiger partial charge in [-0.25, -0.2) is 4.98 Å². The molecule has 1 fully saturated rings. The van der Waals surface area contributed by atoms with E-state index >= 15 is 0 Å². The van der Waals surface area contributed by atoms with Crippen LogP contribution in [0.1, 0.15) is 43.5 Å². The molecular weight excluding hydrogens is 366 g/mol. The highest BCUT2D eigenvalue weighted by atomic mass is 14.9. The van der Waals surface area contributed by atoms with E-state index in [2.05, 4.69) is 67.3 Å². The van der Waals surface area contributed by atoms with E-state index in [1.165, 1.54) is 30.4 Å². The maximum Gasteiger partial charge on any atom is 0.107 e. The summed E-state index contributed by atoms with van der Waals surface area (Å²) in [6.45, 7) is 14.4. The Bertz CT molecular complexity index is 1020. The molecule has 1 aromatic carbocycles. The first kappa shape index (κ1) is 20.5. The number of rotatable bonds is 7. The molecule has 4 rings (SSSR count). The second kappa shape index (κ2) is 8.91. The van der Waals surface area contributed by atoms with Gasteiger partial charge in [-0.05, 0) is 73.3 Å². The fourth-order valence-electron chi connectivity index (χ4n) is 4.85. The number of hydrogen-bond donors (Lipinski definition) is 2. The van der Waals surface area contributed by atoms with Gasteiger partial charge < -0.3 is 10.3 Å². The summed E-state index contributed by atoms with van der Waals surface area (Å²) in [5, 5.41) is 3.74. The van der Waals surface area contributed by atoms with Crippen LogP contribution in [0.15, 0.2) is 79.1 Å². The van der Waals surface area contributed by atoms with Crippen molar-refractivity contribution >= 4 is 11.0 Å². The summed E-state index contributed by atoms with van der Waals surface area (Å²) in [5.74, 6) is 2.12. The molecule has 3 unspecified atom stereocenters. The Balaban J connectivity index is 1.38. The van der Waals surface area contributed by atoms with Gasteiger partial charge in [0.05, 0.1) is 11.0 Å². The molecule has 156 valence electrons. The molecule has 1 saturated carbocycles. The highest BCUT2D eigenvalue weighted by Crippen LogP contribution is 2.31. The van der Waals surface area contributed by atoms with Crippen LogP contribution in [-0.4, -0.2) is 16.0 Å². The van der Waals surface area contributed by atoms with E-state index < -0.39 is 0 Å². The number of aromatic amines is 1. The van der Waals surface area contributed by atoms with Crippen LogP contribution in [-0.2, 0) is 6.42 Å². The summed E-state index contributed by atoms with van der Waals surface area (Å²) < 4.78 is 0. The van der Waals surface area contributed by atoms with E-state index in [0.717, 1.165) is 47.4 Å². The molecule has 2 aliphatic rings. The van der Waals surface area contributed by atoms with Crippen molar-refractivity contribution in [1.82, 2.24) is 15.3 Å². The first-order valence-corrected chi connectivity index (χ1v) is 11.1. The Morgan fingerprint density at radius 2 is 2.17 bits per heavy atom. The van der Waals surface area contributed by atoms with Crippen molar-refractivity contribution in [2.45, 2.75) is 51.5 Å². The minimum Gasteiger partial charge on any atom is -0.383 e. The van der Waals surface area contributed by atoms with E-state index in [1.54, 1.807) is 0 Å². The Hall–Kier alpha value is -2.81. The van der Waals surface area contributed by atoms with Crippen LogP contribution in [0.2, 0.25) is 0 Å². The van der Waals surface area contributed by atoms with Gasteiger partial charge in [0.15, 0.2) is 0 Å². The van der Waals surface area contributed by atoms with E-state index in [1.807, 2.05) is 12.2 Å². The molecule has 0 spiro atoms. The molecular formula is C27H33N3. The number of aromatic nitrogens is 2. The number of nitrogens with zero attached hydrogens (tertiary/aromatic N) is 1. The summed E-state index contributed by atoms with van der Waals surface area (Å²) in [7, 11) is 0. The van der Waals surface area contributed by atoms with Crippen molar-refractivity contribution in [3.63, 3.8) is 0 Å². The number of nitrogens with one attached hydrogen (secondary N) is 2. The quantitative estimate of drug-likeness (QED) is 0.535. The highest BCUT2D eigenvalue weighted by Gasteiger charge is 2.24. The zero-order chi connectivity index (χ0) is 21.1. The van der Waals surface area contributed by atoms with Gasteiger partial charge in [-0.15, -0.1) is 6.58 Å². The fourth-order valence-corrected chi connectivity index (χ4v) is 4.85. The third-order valence-electron chi connectivity index (χ3n) is 6.46. The molecule has 0 bridgehead atoms. The maximum absolute atomic E-state index is 4.82. The molecule has 0 aliphatic heterocycles. The number of benzene rings is 1. The molecule has 30 heavy (non-hydrogen) atoms. The standard InChI is InChI=1S/C27H33N3/c1-5-20-13-21(6-2)15-23(14-20)19(4)28-24-9-7-8-22(16-24)17-27-29-25-11-10-18(3)12-26(25)30-27/h5-6,10-14,21-22,24,28H,1-2,4,7-9,15-17H2,3H3,(H,29,30). The number of H-pyrrole nitrogens is 1. The topological polar surface area (TPSA) is 40.7 Å². The molecule has 0 saturated heterocycles. The van der Waals surface area contributed by atoms with Crippen LogP contribution >= 0.6 is 0 Å². The van der Waals surface area contributed by atoms with Gasteiger partial charge >= 0.3 is 0 Å². The van der Waals surface area contributed by atoms with Gasteiger partial charge in [0, 0.05) is 18.2 Å². The summed E-state index contributed by atoms with van der Waals surface area (Å²) in [5.41, 5.74) is 6.97. The van der Waals surface area contributed by atoms with Crippen molar-refractivity contribution in [3.05, 3.63) is 90.5 Å². The molecule has 3 atom stereocenters. The van der Waals surface area contributed by atoms with Gasteiger partial charge in [-0.3, -0.25) is 0 Å². The third kappa shape index (κ3) is 4.67. The lowest BCUT2D eigenvalue weighted by molar-refractivity contribution is 0.294. The van der Waals surface area contributed by atoms with E-state index in [9.17, 15) is 0 Å². The first-order chi connectivity index (χ1) is 14.5. The molecule has 3 heteroatoms. The molecule has 1 aromatic heterocycles. The smallest absolute Gasteiger partial charge is 0.107 e. The fraction of sp³-hybridized carbons (Fsp3) is 0.370. The largest absolute Gasteiger partial charge is 0.383 e. The zero-order valence-corrected chi connectivity index (χ0v) is 18.1. The van der Waals surface area contributed by atoms with E-state index in [0.29, 0.717) is 17.9 Å². The molecule has 0 amide bonds. The summed E-state index contributed by atoms with van der Waals surface area (Å²) in [4.78, 5) is 8.35. The minimum atomic E-state index is 0.354. The van der Waals surface area contributed by atoms with Crippen molar-refractivity contribution < 1.29 is 0 Å². The predicted octanol–water partition coefficient (Wildman–Crippen LogP) is 6.32. The molecule has 3 nitrogen and oxygen atoms in total. The van der Waals surface area contributed by atoms with Crippen molar-refractivity contribution in [2.24, 2.45) is 11.8 Å². The number of allylic oxidation sites excluding steroid dienone is 6. The van der Waals surface area contributed by atoms with E-state index in [4.69, 9.17) is 4.98 Å². The second-order valence-corrected chi connectivity index (χ2v) is 8.90. The SMILES string of the molecule is C=CC1=CC(C=C)CC(C(=C)NC2CCCC(Cc3nc4ccc(C)cc4[nH]3)C2)=C1. The van der Waals surface area contributed by atoms with Gasteiger partial charge in [0.1, 0.15) is 5.82 Å². The van der Waals surface area contributed by atoms with Crippen LogP contribution < -0.4 is 5.32 Å².